The number of anilines is 1. The summed E-state index contributed by atoms with van der Waals surface area (Å²) in [6.07, 6.45) is 3.16. The van der Waals surface area contributed by atoms with Crippen LogP contribution in [0, 0.1) is 13.8 Å². The molecule has 1 aliphatic heterocycles. The molecule has 4 rings (SSSR count). The summed E-state index contributed by atoms with van der Waals surface area (Å²) in [6, 6.07) is 12.6. The smallest absolute Gasteiger partial charge is 0.181 e. The van der Waals surface area contributed by atoms with E-state index in [1.165, 1.54) is 11.3 Å². The van der Waals surface area contributed by atoms with Crippen LogP contribution >= 0.6 is 0 Å². The van der Waals surface area contributed by atoms with E-state index in [1.54, 1.807) is 0 Å². The number of benzene rings is 1. The lowest BCUT2D eigenvalue weighted by Crippen LogP contribution is -2.36. The van der Waals surface area contributed by atoms with Gasteiger partial charge in [-0.25, -0.2) is 4.98 Å². The van der Waals surface area contributed by atoms with Crippen LogP contribution in [0.3, 0.4) is 0 Å². The highest BCUT2D eigenvalue weighted by Crippen LogP contribution is 2.19. The van der Waals surface area contributed by atoms with Crippen molar-refractivity contribution in [3.05, 3.63) is 65.1 Å². The lowest BCUT2D eigenvalue weighted by atomic mass is 10.0. The monoisotopic (exact) mass is 363 g/mol. The molecule has 1 aliphatic rings. The molecule has 140 valence electrons. The fraction of sp³-hybridized carbons (Fsp3) is 0.364. The number of hydrogen-bond acceptors (Lipinski definition) is 4. The van der Waals surface area contributed by atoms with Crippen LogP contribution in [0.4, 0.5) is 5.69 Å². The zero-order valence-electron chi connectivity index (χ0n) is 15.9. The Balaban J connectivity index is 1.44. The number of carbonyl (C=O) groups is 1. The summed E-state index contributed by atoms with van der Waals surface area (Å²) >= 11 is 0. The van der Waals surface area contributed by atoms with E-state index in [0.29, 0.717) is 12.1 Å². The summed E-state index contributed by atoms with van der Waals surface area (Å²) in [7, 11) is 0. The zero-order valence-corrected chi connectivity index (χ0v) is 15.9. The van der Waals surface area contributed by atoms with E-state index in [2.05, 4.69) is 34.1 Å². The average Bonchev–Trinajstić information content (AvgIpc) is 3.02. The Labute approximate surface area is 159 Å². The fourth-order valence-electron chi connectivity index (χ4n) is 3.67. The van der Waals surface area contributed by atoms with Gasteiger partial charge in [0.15, 0.2) is 5.78 Å². The number of ketones is 1. The lowest BCUT2D eigenvalue weighted by molar-refractivity contribution is 0.0976. The van der Waals surface area contributed by atoms with Crippen LogP contribution in [-0.2, 0) is 11.2 Å². The number of aryl methyl sites for hydroxylation is 3. The molecule has 1 aromatic carbocycles. The quantitative estimate of drug-likeness (QED) is 0.650. The summed E-state index contributed by atoms with van der Waals surface area (Å²) in [5.74, 6) is 0.140. The van der Waals surface area contributed by atoms with Gasteiger partial charge in [-0.15, -0.1) is 0 Å². The molecule has 3 aromatic rings. The van der Waals surface area contributed by atoms with Gasteiger partial charge in [-0.1, -0.05) is 12.1 Å². The van der Waals surface area contributed by atoms with Crippen molar-refractivity contribution in [2.24, 2.45) is 0 Å². The van der Waals surface area contributed by atoms with Crippen LogP contribution in [0.25, 0.3) is 5.65 Å². The number of carbonyl (C=O) groups excluding carboxylic acids is 1. The van der Waals surface area contributed by atoms with Gasteiger partial charge < -0.3 is 9.64 Å². The molecule has 0 radical (unpaired) electrons. The molecule has 1 saturated heterocycles. The third-order valence-electron chi connectivity index (χ3n) is 5.17. The molecular formula is C22H25N3O2. The Kier molecular flexibility index (Phi) is 4.94. The highest BCUT2D eigenvalue weighted by atomic mass is 16.5. The first-order valence-electron chi connectivity index (χ1n) is 9.52. The minimum atomic E-state index is 0.140. The standard InChI is InChI=1S/C22H25N3O2/c1-16-9-10-25-21(15-16)23-17(2)22(25)20(26)8-5-18-3-6-19(7-4-18)24-11-13-27-14-12-24/h3-4,6-7,9-10,15H,5,8,11-14H2,1-2H3. The van der Waals surface area contributed by atoms with Crippen molar-refractivity contribution in [1.82, 2.24) is 9.38 Å². The molecule has 0 atom stereocenters. The van der Waals surface area contributed by atoms with Crippen molar-refractivity contribution in [1.29, 1.82) is 0 Å². The first-order chi connectivity index (χ1) is 13.1. The highest BCUT2D eigenvalue weighted by Gasteiger charge is 2.17. The number of fused-ring (bicyclic) bond motifs is 1. The summed E-state index contributed by atoms with van der Waals surface area (Å²) in [6.45, 7) is 7.39. The van der Waals surface area contributed by atoms with E-state index >= 15 is 0 Å². The number of Topliss-reactive ketones (excluding diaryl/α,β-unsaturated/α-hetero) is 1. The van der Waals surface area contributed by atoms with Crippen LogP contribution in [0.1, 0.15) is 33.7 Å². The largest absolute Gasteiger partial charge is 0.378 e. The highest BCUT2D eigenvalue weighted by molar-refractivity contribution is 5.96. The van der Waals surface area contributed by atoms with Gasteiger partial charge in [0.1, 0.15) is 11.3 Å². The third-order valence-corrected chi connectivity index (χ3v) is 5.17. The van der Waals surface area contributed by atoms with Gasteiger partial charge in [-0.05, 0) is 55.7 Å². The normalized spacial score (nSPS) is 14.7. The van der Waals surface area contributed by atoms with E-state index in [9.17, 15) is 4.79 Å². The molecule has 0 N–H and O–H groups in total. The van der Waals surface area contributed by atoms with E-state index in [-0.39, 0.29) is 5.78 Å². The van der Waals surface area contributed by atoms with E-state index in [0.717, 1.165) is 49.6 Å². The summed E-state index contributed by atoms with van der Waals surface area (Å²) in [4.78, 5) is 19.7. The second kappa shape index (κ2) is 7.53. The maximum absolute atomic E-state index is 12.8. The van der Waals surface area contributed by atoms with Crippen LogP contribution in [-0.4, -0.2) is 41.5 Å². The number of hydrogen-bond donors (Lipinski definition) is 0. The van der Waals surface area contributed by atoms with Gasteiger partial charge in [0, 0.05) is 31.4 Å². The Bertz CT molecular complexity index is 954. The van der Waals surface area contributed by atoms with Crippen molar-refractivity contribution in [2.45, 2.75) is 26.7 Å². The summed E-state index contributed by atoms with van der Waals surface area (Å²) in [5.41, 5.74) is 5.89. The molecule has 0 saturated carbocycles. The lowest BCUT2D eigenvalue weighted by Gasteiger charge is -2.28. The third kappa shape index (κ3) is 3.74. The van der Waals surface area contributed by atoms with Crippen LogP contribution in [0.5, 0.6) is 0 Å². The van der Waals surface area contributed by atoms with Gasteiger partial charge in [0.05, 0.1) is 18.9 Å². The number of imidazole rings is 1. The zero-order chi connectivity index (χ0) is 18.8. The van der Waals surface area contributed by atoms with Gasteiger partial charge in [-0.3, -0.25) is 9.20 Å². The molecule has 0 unspecified atom stereocenters. The number of pyridine rings is 1. The number of rotatable bonds is 5. The topological polar surface area (TPSA) is 46.8 Å². The van der Waals surface area contributed by atoms with E-state index < -0.39 is 0 Å². The van der Waals surface area contributed by atoms with Gasteiger partial charge in [-0.2, -0.15) is 0 Å². The molecule has 5 nitrogen and oxygen atoms in total. The first kappa shape index (κ1) is 17.7. The Hall–Kier alpha value is -2.66. The van der Waals surface area contributed by atoms with Crippen molar-refractivity contribution in [3.63, 3.8) is 0 Å². The van der Waals surface area contributed by atoms with Gasteiger partial charge in [0.2, 0.25) is 0 Å². The number of morpholine rings is 1. The first-order valence-corrected chi connectivity index (χ1v) is 9.52. The predicted octanol–water partition coefficient (Wildman–Crippen LogP) is 3.60. The molecule has 5 heteroatoms. The molecule has 0 bridgehead atoms. The molecular weight excluding hydrogens is 338 g/mol. The van der Waals surface area contributed by atoms with E-state index in [4.69, 9.17) is 4.74 Å². The maximum atomic E-state index is 12.8. The summed E-state index contributed by atoms with van der Waals surface area (Å²) < 4.78 is 7.31. The number of nitrogens with zero attached hydrogens (tertiary/aromatic N) is 3. The fourth-order valence-corrected chi connectivity index (χ4v) is 3.67. The number of aromatic nitrogens is 2. The van der Waals surface area contributed by atoms with Crippen molar-refractivity contribution >= 4 is 17.1 Å². The molecule has 27 heavy (non-hydrogen) atoms. The SMILES string of the molecule is Cc1ccn2c(C(=O)CCc3ccc(N4CCOCC4)cc3)c(C)nc2c1. The minimum absolute atomic E-state index is 0.140. The van der Waals surface area contributed by atoms with Crippen molar-refractivity contribution in [3.8, 4) is 0 Å². The molecule has 1 fully saturated rings. The summed E-state index contributed by atoms with van der Waals surface area (Å²) in [5, 5.41) is 0. The minimum Gasteiger partial charge on any atom is -0.378 e. The predicted molar refractivity (Wildman–Crippen MR) is 107 cm³/mol. The maximum Gasteiger partial charge on any atom is 0.181 e. The Morgan fingerprint density at radius 2 is 1.85 bits per heavy atom. The second-order valence-corrected chi connectivity index (χ2v) is 7.17. The number of ether oxygens (including phenoxy) is 1. The van der Waals surface area contributed by atoms with Gasteiger partial charge >= 0.3 is 0 Å². The van der Waals surface area contributed by atoms with Crippen LogP contribution < -0.4 is 4.90 Å². The Morgan fingerprint density at radius 1 is 1.11 bits per heavy atom. The molecule has 2 aromatic heterocycles. The average molecular weight is 363 g/mol. The van der Waals surface area contributed by atoms with Crippen molar-refractivity contribution in [2.75, 3.05) is 31.2 Å². The van der Waals surface area contributed by atoms with Crippen LogP contribution in [0.15, 0.2) is 42.6 Å². The molecule has 0 amide bonds. The Morgan fingerprint density at radius 3 is 2.59 bits per heavy atom. The molecule has 0 spiro atoms. The van der Waals surface area contributed by atoms with Gasteiger partial charge in [0.25, 0.3) is 0 Å². The molecule has 3 heterocycles. The van der Waals surface area contributed by atoms with Crippen molar-refractivity contribution < 1.29 is 9.53 Å². The van der Waals surface area contributed by atoms with Crippen LogP contribution in [0.2, 0.25) is 0 Å². The van der Waals surface area contributed by atoms with E-state index in [1.807, 2.05) is 36.6 Å². The second-order valence-electron chi connectivity index (χ2n) is 7.17. The molecule has 0 aliphatic carbocycles.